The Labute approximate surface area is 120 Å². The highest BCUT2D eigenvalue weighted by atomic mass is 19.3. The Balaban J connectivity index is 2.10. The summed E-state index contributed by atoms with van der Waals surface area (Å²) >= 11 is 0. The van der Waals surface area contributed by atoms with E-state index < -0.39 is 13.0 Å². The first kappa shape index (κ1) is 14.9. The number of benzene rings is 1. The summed E-state index contributed by atoms with van der Waals surface area (Å²) in [5.41, 5.74) is 1.66. The van der Waals surface area contributed by atoms with Crippen molar-refractivity contribution in [3.8, 4) is 5.75 Å². The fraction of sp³-hybridized carbons (Fsp3) is 0.200. The number of rotatable bonds is 5. The van der Waals surface area contributed by atoms with Crippen molar-refractivity contribution in [3.05, 3.63) is 53.9 Å². The molecule has 0 aliphatic rings. The zero-order valence-electron chi connectivity index (χ0n) is 11.3. The number of anilines is 1. The molecule has 0 atom stereocenters. The number of carbonyl (C=O) groups is 1. The molecule has 0 saturated carbocycles. The fourth-order valence-electron chi connectivity index (χ4n) is 1.69. The third kappa shape index (κ3) is 4.24. The van der Waals surface area contributed by atoms with Gasteiger partial charge in [0.1, 0.15) is 12.4 Å². The molecule has 1 N–H and O–H groups in total. The van der Waals surface area contributed by atoms with Crippen LogP contribution in [0.1, 0.15) is 15.9 Å². The van der Waals surface area contributed by atoms with Crippen LogP contribution in [0.4, 0.5) is 14.5 Å². The number of aromatic nitrogens is 1. The number of amides is 1. The lowest BCUT2D eigenvalue weighted by Gasteiger charge is -2.11. The monoisotopic (exact) mass is 292 g/mol. The van der Waals surface area contributed by atoms with Crippen molar-refractivity contribution in [2.75, 3.05) is 11.9 Å². The van der Waals surface area contributed by atoms with Crippen LogP contribution in [0.25, 0.3) is 0 Å². The molecular weight excluding hydrogens is 278 g/mol. The third-order valence-corrected chi connectivity index (χ3v) is 2.75. The second kappa shape index (κ2) is 6.78. The van der Waals surface area contributed by atoms with Crippen molar-refractivity contribution in [2.45, 2.75) is 13.3 Å². The van der Waals surface area contributed by atoms with Crippen LogP contribution in [-0.2, 0) is 0 Å². The number of ether oxygens (including phenoxy) is 1. The van der Waals surface area contributed by atoms with Crippen LogP contribution in [0.5, 0.6) is 5.75 Å². The Morgan fingerprint density at radius 1 is 1.29 bits per heavy atom. The van der Waals surface area contributed by atoms with Crippen LogP contribution in [0.15, 0.2) is 42.7 Å². The average Bonchev–Trinajstić information content (AvgIpc) is 2.48. The Hall–Kier alpha value is -2.50. The van der Waals surface area contributed by atoms with Gasteiger partial charge in [0.2, 0.25) is 0 Å². The average molecular weight is 292 g/mol. The number of pyridine rings is 1. The summed E-state index contributed by atoms with van der Waals surface area (Å²) in [5.74, 6) is 0.0175. The molecule has 0 saturated heterocycles. The maximum atomic E-state index is 12.2. The van der Waals surface area contributed by atoms with Gasteiger partial charge in [-0.15, -0.1) is 0 Å². The molecule has 2 aromatic rings. The smallest absolute Gasteiger partial charge is 0.272 e. The molecule has 110 valence electrons. The Kier molecular flexibility index (Phi) is 4.81. The quantitative estimate of drug-likeness (QED) is 0.920. The summed E-state index contributed by atoms with van der Waals surface area (Å²) in [6, 6.07) is 8.07. The molecule has 1 aromatic carbocycles. The van der Waals surface area contributed by atoms with Gasteiger partial charge in [0, 0.05) is 29.7 Å². The molecule has 0 spiro atoms. The lowest BCUT2D eigenvalue weighted by molar-refractivity contribution is 0.0816. The first-order valence-corrected chi connectivity index (χ1v) is 6.29. The maximum absolute atomic E-state index is 12.2. The van der Waals surface area contributed by atoms with Crippen molar-refractivity contribution in [2.24, 2.45) is 0 Å². The van der Waals surface area contributed by atoms with E-state index in [1.807, 2.05) is 0 Å². The van der Waals surface area contributed by atoms with E-state index in [4.69, 9.17) is 4.74 Å². The van der Waals surface area contributed by atoms with E-state index in [2.05, 4.69) is 10.3 Å². The SMILES string of the molecule is Cc1ccc(NC(=O)c2ccncc2)cc1OCC(F)F. The van der Waals surface area contributed by atoms with E-state index >= 15 is 0 Å². The van der Waals surface area contributed by atoms with Gasteiger partial charge in [-0.3, -0.25) is 9.78 Å². The van der Waals surface area contributed by atoms with Gasteiger partial charge in [-0.25, -0.2) is 8.78 Å². The van der Waals surface area contributed by atoms with Gasteiger partial charge in [0.05, 0.1) is 0 Å². The van der Waals surface area contributed by atoms with Crippen LogP contribution in [0.2, 0.25) is 0 Å². The molecule has 0 aliphatic carbocycles. The van der Waals surface area contributed by atoms with Gasteiger partial charge in [-0.05, 0) is 30.7 Å². The molecule has 1 amide bonds. The maximum Gasteiger partial charge on any atom is 0.272 e. The number of halogens is 2. The molecule has 0 fully saturated rings. The van der Waals surface area contributed by atoms with E-state index in [1.165, 1.54) is 18.5 Å². The molecule has 6 heteroatoms. The van der Waals surface area contributed by atoms with E-state index in [1.54, 1.807) is 31.2 Å². The first-order valence-electron chi connectivity index (χ1n) is 6.29. The zero-order valence-corrected chi connectivity index (χ0v) is 11.3. The molecule has 0 unspecified atom stereocenters. The van der Waals surface area contributed by atoms with Gasteiger partial charge in [-0.1, -0.05) is 6.07 Å². The van der Waals surface area contributed by atoms with Crippen LogP contribution in [-0.4, -0.2) is 23.9 Å². The highest BCUT2D eigenvalue weighted by Gasteiger charge is 2.09. The van der Waals surface area contributed by atoms with Gasteiger partial charge in [0.15, 0.2) is 0 Å². The van der Waals surface area contributed by atoms with E-state index in [-0.39, 0.29) is 5.91 Å². The Bertz CT molecular complexity index is 618. The summed E-state index contributed by atoms with van der Waals surface area (Å²) in [6.07, 6.45) is 0.488. The fourth-order valence-corrected chi connectivity index (χ4v) is 1.69. The molecule has 0 aliphatic heterocycles. The van der Waals surface area contributed by atoms with Crippen molar-refractivity contribution >= 4 is 11.6 Å². The molecule has 21 heavy (non-hydrogen) atoms. The number of aryl methyl sites for hydroxylation is 1. The molecule has 0 bridgehead atoms. The largest absolute Gasteiger partial charge is 0.487 e. The lowest BCUT2D eigenvalue weighted by atomic mass is 10.2. The van der Waals surface area contributed by atoms with Crippen molar-refractivity contribution < 1.29 is 18.3 Å². The Morgan fingerprint density at radius 3 is 2.67 bits per heavy atom. The summed E-state index contributed by atoms with van der Waals surface area (Å²) < 4.78 is 29.4. The molecule has 2 rings (SSSR count). The summed E-state index contributed by atoms with van der Waals surface area (Å²) in [7, 11) is 0. The van der Waals surface area contributed by atoms with Gasteiger partial charge in [-0.2, -0.15) is 0 Å². The number of nitrogens with zero attached hydrogens (tertiary/aromatic N) is 1. The van der Waals surface area contributed by atoms with Crippen LogP contribution in [0, 0.1) is 6.92 Å². The van der Waals surface area contributed by atoms with Crippen molar-refractivity contribution in [1.82, 2.24) is 4.98 Å². The third-order valence-electron chi connectivity index (χ3n) is 2.75. The minimum atomic E-state index is -2.54. The lowest BCUT2D eigenvalue weighted by Crippen LogP contribution is -2.12. The summed E-state index contributed by atoms with van der Waals surface area (Å²) in [6.45, 7) is 1.07. The minimum Gasteiger partial charge on any atom is -0.487 e. The molecule has 1 aromatic heterocycles. The van der Waals surface area contributed by atoms with E-state index in [0.717, 1.165) is 5.56 Å². The second-order valence-electron chi connectivity index (χ2n) is 4.37. The number of nitrogens with one attached hydrogen (secondary N) is 1. The van der Waals surface area contributed by atoms with Crippen molar-refractivity contribution in [1.29, 1.82) is 0 Å². The minimum absolute atomic E-state index is 0.305. The summed E-state index contributed by atoms with van der Waals surface area (Å²) in [4.78, 5) is 15.8. The number of carbonyl (C=O) groups excluding carboxylic acids is 1. The Morgan fingerprint density at radius 2 is 2.00 bits per heavy atom. The van der Waals surface area contributed by atoms with E-state index in [0.29, 0.717) is 17.0 Å². The summed E-state index contributed by atoms with van der Waals surface area (Å²) in [5, 5.41) is 2.68. The predicted octanol–water partition coefficient (Wildman–Crippen LogP) is 3.29. The predicted molar refractivity (Wildman–Crippen MR) is 74.9 cm³/mol. The topological polar surface area (TPSA) is 51.2 Å². The van der Waals surface area contributed by atoms with Crippen molar-refractivity contribution in [3.63, 3.8) is 0 Å². The molecular formula is C15H14F2N2O2. The number of hydrogen-bond acceptors (Lipinski definition) is 3. The van der Waals surface area contributed by atoms with Crippen LogP contribution < -0.4 is 10.1 Å². The first-order chi connectivity index (χ1) is 10.1. The highest BCUT2D eigenvalue weighted by Crippen LogP contribution is 2.23. The molecule has 4 nitrogen and oxygen atoms in total. The van der Waals surface area contributed by atoms with Crippen LogP contribution in [0.3, 0.4) is 0 Å². The van der Waals surface area contributed by atoms with Gasteiger partial charge < -0.3 is 10.1 Å². The number of hydrogen-bond donors (Lipinski definition) is 1. The zero-order chi connectivity index (χ0) is 15.2. The molecule has 0 radical (unpaired) electrons. The van der Waals surface area contributed by atoms with Gasteiger partial charge in [0.25, 0.3) is 12.3 Å². The number of alkyl halides is 2. The van der Waals surface area contributed by atoms with Crippen LogP contribution >= 0.6 is 0 Å². The normalized spacial score (nSPS) is 10.5. The van der Waals surface area contributed by atoms with E-state index in [9.17, 15) is 13.6 Å². The van der Waals surface area contributed by atoms with Gasteiger partial charge >= 0.3 is 0 Å². The molecule has 1 heterocycles. The highest BCUT2D eigenvalue weighted by molar-refractivity contribution is 6.04. The second-order valence-corrected chi connectivity index (χ2v) is 4.37. The standard InChI is InChI=1S/C15H14F2N2O2/c1-10-2-3-12(8-13(10)21-9-14(16)17)19-15(20)11-4-6-18-7-5-11/h2-8,14H,9H2,1H3,(H,19,20).